The zero-order valence-corrected chi connectivity index (χ0v) is 12.5. The number of rotatable bonds is 5. The molecule has 112 valence electrons. The van der Waals surface area contributed by atoms with E-state index in [2.05, 4.69) is 5.32 Å². The Hall–Kier alpha value is -1.65. The van der Waals surface area contributed by atoms with Crippen LogP contribution < -0.4 is 10.1 Å². The molecule has 5 heteroatoms. The molecule has 21 heavy (non-hydrogen) atoms. The van der Waals surface area contributed by atoms with Gasteiger partial charge in [-0.3, -0.25) is 0 Å². The van der Waals surface area contributed by atoms with Crippen LogP contribution in [0.4, 0.5) is 8.78 Å². The van der Waals surface area contributed by atoms with E-state index in [0.29, 0.717) is 5.56 Å². The zero-order chi connectivity index (χ0) is 15.4. The average Bonchev–Trinajstić information content (AvgIpc) is 2.43. The summed E-state index contributed by atoms with van der Waals surface area (Å²) in [7, 11) is 0. The largest absolute Gasteiger partial charge is 0.452 e. The summed E-state index contributed by atoms with van der Waals surface area (Å²) >= 11 is 5.92. The highest BCUT2D eigenvalue weighted by atomic mass is 35.5. The van der Waals surface area contributed by atoms with E-state index in [4.69, 9.17) is 16.3 Å². The van der Waals surface area contributed by atoms with Crippen molar-refractivity contribution in [3.63, 3.8) is 0 Å². The molecule has 2 aromatic rings. The van der Waals surface area contributed by atoms with Crippen LogP contribution in [0.3, 0.4) is 0 Å². The van der Waals surface area contributed by atoms with Crippen molar-refractivity contribution in [2.45, 2.75) is 19.9 Å². The summed E-state index contributed by atoms with van der Waals surface area (Å²) in [6.07, 6.45) is 0. The molecule has 0 bridgehead atoms. The average molecular weight is 312 g/mol. The van der Waals surface area contributed by atoms with Crippen LogP contribution in [0, 0.1) is 11.6 Å². The molecular weight excluding hydrogens is 296 g/mol. The molecule has 0 spiro atoms. The van der Waals surface area contributed by atoms with Crippen LogP contribution in [0.25, 0.3) is 0 Å². The van der Waals surface area contributed by atoms with Crippen molar-refractivity contribution in [2.24, 2.45) is 0 Å². The lowest BCUT2D eigenvalue weighted by molar-refractivity contribution is 0.425. The van der Waals surface area contributed by atoms with Crippen molar-refractivity contribution < 1.29 is 13.5 Å². The second-order valence-electron chi connectivity index (χ2n) is 4.61. The molecular formula is C16H16ClF2NO. The van der Waals surface area contributed by atoms with Gasteiger partial charge in [-0.1, -0.05) is 30.7 Å². The van der Waals surface area contributed by atoms with Crippen LogP contribution in [-0.4, -0.2) is 6.54 Å². The second-order valence-corrected chi connectivity index (χ2v) is 5.02. The molecule has 0 fully saturated rings. The van der Waals surface area contributed by atoms with Crippen molar-refractivity contribution in [2.75, 3.05) is 6.54 Å². The Kier molecular flexibility index (Phi) is 5.15. The van der Waals surface area contributed by atoms with Gasteiger partial charge in [0.1, 0.15) is 11.6 Å². The van der Waals surface area contributed by atoms with Crippen LogP contribution in [-0.2, 0) is 0 Å². The highest BCUT2D eigenvalue weighted by Gasteiger charge is 2.17. The van der Waals surface area contributed by atoms with Gasteiger partial charge in [-0.25, -0.2) is 8.78 Å². The molecule has 2 nitrogen and oxygen atoms in total. The Labute approximate surface area is 127 Å². The van der Waals surface area contributed by atoms with Crippen LogP contribution in [0.15, 0.2) is 36.4 Å². The van der Waals surface area contributed by atoms with E-state index in [-0.39, 0.29) is 22.6 Å². The standard InChI is InChI=1S/C16H16ClF2NO/c1-3-20-10(2)12-5-4-6-14(19)16(12)21-15-8-7-11(18)9-13(15)17/h4-10,20H,3H2,1-2H3. The number of para-hydroxylation sites is 1. The Bertz CT molecular complexity index is 634. The minimum atomic E-state index is -0.488. The molecule has 0 aliphatic heterocycles. The quantitative estimate of drug-likeness (QED) is 0.831. The van der Waals surface area contributed by atoms with E-state index < -0.39 is 11.6 Å². The molecule has 1 N–H and O–H groups in total. The minimum absolute atomic E-state index is 0.0834. The number of hydrogen-bond donors (Lipinski definition) is 1. The van der Waals surface area contributed by atoms with E-state index in [1.807, 2.05) is 13.8 Å². The number of hydrogen-bond acceptors (Lipinski definition) is 2. The van der Waals surface area contributed by atoms with E-state index in [0.717, 1.165) is 12.6 Å². The Morgan fingerprint density at radius 3 is 2.67 bits per heavy atom. The third-order valence-electron chi connectivity index (χ3n) is 3.08. The van der Waals surface area contributed by atoms with Gasteiger partial charge in [0, 0.05) is 11.6 Å². The predicted molar refractivity (Wildman–Crippen MR) is 80.0 cm³/mol. The van der Waals surface area contributed by atoms with Crippen LogP contribution in [0.1, 0.15) is 25.5 Å². The molecule has 1 atom stereocenters. The van der Waals surface area contributed by atoms with Gasteiger partial charge in [0.2, 0.25) is 0 Å². The maximum absolute atomic E-state index is 14.1. The Morgan fingerprint density at radius 1 is 1.24 bits per heavy atom. The fourth-order valence-electron chi connectivity index (χ4n) is 2.06. The predicted octanol–water partition coefficient (Wildman–Crippen LogP) is 5.08. The van der Waals surface area contributed by atoms with Crippen LogP contribution in [0.2, 0.25) is 5.02 Å². The fourth-order valence-corrected chi connectivity index (χ4v) is 2.26. The summed E-state index contributed by atoms with van der Waals surface area (Å²) in [4.78, 5) is 0. The molecule has 0 saturated carbocycles. The topological polar surface area (TPSA) is 21.3 Å². The van der Waals surface area contributed by atoms with E-state index >= 15 is 0 Å². The minimum Gasteiger partial charge on any atom is -0.452 e. The third kappa shape index (κ3) is 3.71. The summed E-state index contributed by atoms with van der Waals surface area (Å²) in [5, 5.41) is 3.30. The van der Waals surface area contributed by atoms with Gasteiger partial charge in [0.25, 0.3) is 0 Å². The van der Waals surface area contributed by atoms with Gasteiger partial charge >= 0.3 is 0 Å². The fraction of sp³-hybridized carbons (Fsp3) is 0.250. The summed E-state index contributed by atoms with van der Waals surface area (Å²) in [5.74, 6) is -0.646. The Balaban J connectivity index is 2.38. The first-order chi connectivity index (χ1) is 10.0. The molecule has 2 aromatic carbocycles. The molecule has 0 aromatic heterocycles. The maximum Gasteiger partial charge on any atom is 0.167 e. The molecule has 0 radical (unpaired) electrons. The summed E-state index contributed by atoms with van der Waals surface area (Å²) in [6.45, 7) is 4.62. The summed E-state index contributed by atoms with van der Waals surface area (Å²) in [6, 6.07) is 8.36. The highest BCUT2D eigenvalue weighted by molar-refractivity contribution is 6.32. The normalized spacial score (nSPS) is 12.2. The molecule has 1 unspecified atom stereocenters. The number of benzene rings is 2. The van der Waals surface area contributed by atoms with Gasteiger partial charge in [-0.15, -0.1) is 0 Å². The van der Waals surface area contributed by atoms with Crippen molar-refractivity contribution >= 4 is 11.6 Å². The van der Waals surface area contributed by atoms with Gasteiger partial charge in [-0.2, -0.15) is 0 Å². The van der Waals surface area contributed by atoms with Crippen molar-refractivity contribution in [3.05, 3.63) is 58.6 Å². The number of ether oxygens (including phenoxy) is 1. The van der Waals surface area contributed by atoms with Gasteiger partial charge < -0.3 is 10.1 Å². The molecule has 0 aliphatic carbocycles. The zero-order valence-electron chi connectivity index (χ0n) is 11.8. The van der Waals surface area contributed by atoms with Gasteiger partial charge in [0.05, 0.1) is 5.02 Å². The Morgan fingerprint density at radius 2 is 2.00 bits per heavy atom. The number of nitrogens with one attached hydrogen (secondary N) is 1. The van der Waals surface area contributed by atoms with E-state index in [1.165, 1.54) is 18.2 Å². The lowest BCUT2D eigenvalue weighted by atomic mass is 10.1. The monoisotopic (exact) mass is 311 g/mol. The first kappa shape index (κ1) is 15.7. The molecule has 0 saturated heterocycles. The maximum atomic E-state index is 14.1. The lowest BCUT2D eigenvalue weighted by Gasteiger charge is -2.18. The van der Waals surface area contributed by atoms with Crippen molar-refractivity contribution in [1.82, 2.24) is 5.32 Å². The van der Waals surface area contributed by atoms with E-state index in [9.17, 15) is 8.78 Å². The number of halogens is 3. The van der Waals surface area contributed by atoms with Gasteiger partial charge in [-0.05, 0) is 37.7 Å². The second kappa shape index (κ2) is 6.87. The molecule has 2 rings (SSSR count). The molecule has 0 amide bonds. The SMILES string of the molecule is CCNC(C)c1cccc(F)c1Oc1ccc(F)cc1Cl. The van der Waals surface area contributed by atoms with Gasteiger partial charge in [0.15, 0.2) is 11.6 Å². The molecule has 0 aliphatic rings. The first-order valence-electron chi connectivity index (χ1n) is 6.67. The lowest BCUT2D eigenvalue weighted by Crippen LogP contribution is -2.18. The summed E-state index contributed by atoms with van der Waals surface area (Å²) < 4.78 is 32.7. The van der Waals surface area contributed by atoms with E-state index in [1.54, 1.807) is 12.1 Å². The highest BCUT2D eigenvalue weighted by Crippen LogP contribution is 2.35. The van der Waals surface area contributed by atoms with Crippen molar-refractivity contribution in [3.8, 4) is 11.5 Å². The van der Waals surface area contributed by atoms with Crippen LogP contribution in [0.5, 0.6) is 11.5 Å². The third-order valence-corrected chi connectivity index (χ3v) is 3.38. The first-order valence-corrected chi connectivity index (χ1v) is 7.05. The molecule has 0 heterocycles. The van der Waals surface area contributed by atoms with Crippen molar-refractivity contribution in [1.29, 1.82) is 0 Å². The smallest absolute Gasteiger partial charge is 0.167 e. The summed E-state index contributed by atoms with van der Waals surface area (Å²) in [5.41, 5.74) is 0.678. The van der Waals surface area contributed by atoms with Crippen LogP contribution >= 0.6 is 11.6 Å².